The SMILES string of the molecule is NNC(c1ccc(Cl)cc1)c1ccc(Cl)cc1. The summed E-state index contributed by atoms with van der Waals surface area (Å²) in [5, 5.41) is 1.42. The molecule has 0 bridgehead atoms. The molecule has 0 radical (unpaired) electrons. The van der Waals surface area contributed by atoms with E-state index in [4.69, 9.17) is 29.0 Å². The Morgan fingerprint density at radius 1 is 0.765 bits per heavy atom. The first-order valence-corrected chi connectivity index (χ1v) is 5.93. The minimum atomic E-state index is -0.0652. The van der Waals surface area contributed by atoms with E-state index < -0.39 is 0 Å². The lowest BCUT2D eigenvalue weighted by atomic mass is 9.99. The molecule has 0 aliphatic carbocycles. The lowest BCUT2D eigenvalue weighted by Gasteiger charge is -2.17. The fourth-order valence-corrected chi connectivity index (χ4v) is 1.95. The standard InChI is InChI=1S/C13H12Cl2N2/c14-11-5-1-9(2-6-11)13(17-16)10-3-7-12(15)8-4-10/h1-8,13,17H,16H2. The van der Waals surface area contributed by atoms with Gasteiger partial charge >= 0.3 is 0 Å². The number of benzene rings is 2. The zero-order chi connectivity index (χ0) is 12.3. The van der Waals surface area contributed by atoms with Gasteiger partial charge in [0.1, 0.15) is 0 Å². The maximum Gasteiger partial charge on any atom is 0.0710 e. The molecule has 0 aliphatic heterocycles. The Hall–Kier alpha value is -1.06. The van der Waals surface area contributed by atoms with E-state index in [0.29, 0.717) is 10.0 Å². The van der Waals surface area contributed by atoms with Crippen molar-refractivity contribution in [2.75, 3.05) is 0 Å². The molecule has 0 fully saturated rings. The van der Waals surface area contributed by atoms with E-state index in [2.05, 4.69) is 5.43 Å². The molecule has 0 aliphatic rings. The number of hydrogen-bond acceptors (Lipinski definition) is 2. The summed E-state index contributed by atoms with van der Waals surface area (Å²) in [5.74, 6) is 5.60. The molecule has 0 amide bonds. The molecule has 0 spiro atoms. The number of nitrogens with one attached hydrogen (secondary N) is 1. The smallest absolute Gasteiger partial charge is 0.0710 e. The van der Waals surface area contributed by atoms with Gasteiger partial charge in [-0.3, -0.25) is 5.84 Å². The van der Waals surface area contributed by atoms with Gasteiger partial charge in [0.25, 0.3) is 0 Å². The second kappa shape index (κ2) is 5.52. The molecule has 4 heteroatoms. The van der Waals surface area contributed by atoms with Crippen molar-refractivity contribution in [3.8, 4) is 0 Å². The molecular formula is C13H12Cl2N2. The Balaban J connectivity index is 2.33. The highest BCUT2D eigenvalue weighted by molar-refractivity contribution is 6.30. The number of rotatable bonds is 3. The molecule has 0 saturated carbocycles. The minimum absolute atomic E-state index is 0.0652. The zero-order valence-corrected chi connectivity index (χ0v) is 10.5. The number of nitrogens with two attached hydrogens (primary N) is 1. The first kappa shape index (κ1) is 12.4. The summed E-state index contributed by atoms with van der Waals surface area (Å²) >= 11 is 11.7. The Morgan fingerprint density at radius 3 is 1.41 bits per heavy atom. The zero-order valence-electron chi connectivity index (χ0n) is 9.03. The van der Waals surface area contributed by atoms with Crippen molar-refractivity contribution >= 4 is 23.2 Å². The third kappa shape index (κ3) is 2.99. The van der Waals surface area contributed by atoms with Gasteiger partial charge in [-0.1, -0.05) is 47.5 Å². The van der Waals surface area contributed by atoms with Crippen LogP contribution in [0.1, 0.15) is 17.2 Å². The van der Waals surface area contributed by atoms with Crippen LogP contribution in [0.5, 0.6) is 0 Å². The molecule has 3 N–H and O–H groups in total. The van der Waals surface area contributed by atoms with Gasteiger partial charge in [0.15, 0.2) is 0 Å². The predicted molar refractivity (Wildman–Crippen MR) is 72.1 cm³/mol. The van der Waals surface area contributed by atoms with E-state index in [0.717, 1.165) is 11.1 Å². The molecule has 0 aromatic heterocycles. The van der Waals surface area contributed by atoms with E-state index in [9.17, 15) is 0 Å². The molecule has 0 heterocycles. The van der Waals surface area contributed by atoms with Gasteiger partial charge in [-0.05, 0) is 35.4 Å². The Kier molecular flexibility index (Phi) is 4.02. The van der Waals surface area contributed by atoms with Crippen molar-refractivity contribution in [1.29, 1.82) is 0 Å². The Labute approximate surface area is 110 Å². The number of halogens is 2. The molecule has 17 heavy (non-hydrogen) atoms. The Bertz CT molecular complexity index is 434. The van der Waals surface area contributed by atoms with Crippen LogP contribution in [0.25, 0.3) is 0 Å². The molecule has 0 unspecified atom stereocenters. The van der Waals surface area contributed by atoms with E-state index >= 15 is 0 Å². The largest absolute Gasteiger partial charge is 0.271 e. The van der Waals surface area contributed by atoms with Crippen molar-refractivity contribution in [1.82, 2.24) is 5.43 Å². The first-order valence-electron chi connectivity index (χ1n) is 5.18. The van der Waals surface area contributed by atoms with Gasteiger partial charge in [0.05, 0.1) is 6.04 Å². The van der Waals surface area contributed by atoms with Gasteiger partial charge in [0.2, 0.25) is 0 Å². The highest BCUT2D eigenvalue weighted by Gasteiger charge is 2.11. The summed E-state index contributed by atoms with van der Waals surface area (Å²) < 4.78 is 0. The van der Waals surface area contributed by atoms with E-state index in [-0.39, 0.29) is 6.04 Å². The van der Waals surface area contributed by atoms with Crippen LogP contribution in [-0.4, -0.2) is 0 Å². The number of hydrazine groups is 1. The van der Waals surface area contributed by atoms with Gasteiger partial charge in [-0.2, -0.15) is 0 Å². The maximum absolute atomic E-state index is 5.86. The topological polar surface area (TPSA) is 38.0 Å². The van der Waals surface area contributed by atoms with Gasteiger partial charge in [-0.15, -0.1) is 0 Å². The molecule has 0 atom stereocenters. The van der Waals surface area contributed by atoms with Crippen LogP contribution >= 0.6 is 23.2 Å². The Morgan fingerprint density at radius 2 is 1.12 bits per heavy atom. The molecule has 2 rings (SSSR count). The van der Waals surface area contributed by atoms with Gasteiger partial charge in [-0.25, -0.2) is 5.43 Å². The van der Waals surface area contributed by atoms with Crippen molar-refractivity contribution in [2.24, 2.45) is 5.84 Å². The molecule has 88 valence electrons. The quantitative estimate of drug-likeness (QED) is 0.659. The van der Waals surface area contributed by atoms with Crippen LogP contribution in [0.3, 0.4) is 0 Å². The van der Waals surface area contributed by atoms with E-state index in [1.165, 1.54) is 0 Å². The van der Waals surface area contributed by atoms with Crippen LogP contribution in [-0.2, 0) is 0 Å². The summed E-state index contributed by atoms with van der Waals surface area (Å²) in [6, 6.07) is 15.1. The van der Waals surface area contributed by atoms with Crippen LogP contribution in [0.15, 0.2) is 48.5 Å². The average molecular weight is 267 g/mol. The van der Waals surface area contributed by atoms with Crippen molar-refractivity contribution in [3.05, 3.63) is 69.7 Å². The highest BCUT2D eigenvalue weighted by Crippen LogP contribution is 2.23. The van der Waals surface area contributed by atoms with E-state index in [1.54, 1.807) is 0 Å². The lowest BCUT2D eigenvalue weighted by Crippen LogP contribution is -2.28. The summed E-state index contributed by atoms with van der Waals surface area (Å²) in [5.41, 5.74) is 4.90. The van der Waals surface area contributed by atoms with Crippen LogP contribution in [0, 0.1) is 0 Å². The van der Waals surface area contributed by atoms with Gasteiger partial charge in [0, 0.05) is 10.0 Å². The second-order valence-electron chi connectivity index (χ2n) is 3.70. The van der Waals surface area contributed by atoms with Crippen LogP contribution in [0.2, 0.25) is 10.0 Å². The predicted octanol–water partition coefficient (Wildman–Crippen LogP) is 3.55. The number of hydrogen-bond donors (Lipinski definition) is 2. The van der Waals surface area contributed by atoms with Crippen molar-refractivity contribution < 1.29 is 0 Å². The summed E-state index contributed by atoms with van der Waals surface area (Å²) in [7, 11) is 0. The summed E-state index contributed by atoms with van der Waals surface area (Å²) in [6.45, 7) is 0. The van der Waals surface area contributed by atoms with Crippen LogP contribution in [0.4, 0.5) is 0 Å². The van der Waals surface area contributed by atoms with Crippen molar-refractivity contribution in [3.63, 3.8) is 0 Å². The van der Waals surface area contributed by atoms with Crippen LogP contribution < -0.4 is 11.3 Å². The highest BCUT2D eigenvalue weighted by atomic mass is 35.5. The summed E-state index contributed by atoms with van der Waals surface area (Å²) in [6.07, 6.45) is 0. The van der Waals surface area contributed by atoms with Gasteiger partial charge < -0.3 is 0 Å². The maximum atomic E-state index is 5.86. The molecule has 2 aromatic rings. The third-order valence-corrected chi connectivity index (χ3v) is 3.08. The average Bonchev–Trinajstić information content (AvgIpc) is 2.35. The fourth-order valence-electron chi connectivity index (χ4n) is 1.70. The second-order valence-corrected chi connectivity index (χ2v) is 4.58. The summed E-state index contributed by atoms with van der Waals surface area (Å²) in [4.78, 5) is 0. The molecular weight excluding hydrogens is 255 g/mol. The molecule has 0 saturated heterocycles. The fraction of sp³-hybridized carbons (Fsp3) is 0.0769. The third-order valence-electron chi connectivity index (χ3n) is 2.57. The lowest BCUT2D eigenvalue weighted by molar-refractivity contribution is 0.637. The minimum Gasteiger partial charge on any atom is -0.271 e. The normalized spacial score (nSPS) is 10.8. The molecule has 2 aromatic carbocycles. The monoisotopic (exact) mass is 266 g/mol. The molecule has 2 nitrogen and oxygen atoms in total. The van der Waals surface area contributed by atoms with E-state index in [1.807, 2.05) is 48.5 Å². The first-order chi connectivity index (χ1) is 8.20. The van der Waals surface area contributed by atoms with Crippen molar-refractivity contribution in [2.45, 2.75) is 6.04 Å².